The Hall–Kier alpha value is -2.54. The normalized spacial score (nSPS) is 14.6. The third-order valence-electron chi connectivity index (χ3n) is 5.19. The van der Waals surface area contributed by atoms with Crippen molar-refractivity contribution in [2.75, 3.05) is 25.4 Å². The molecule has 7 heteroatoms. The first-order chi connectivity index (χ1) is 14.0. The molecule has 1 aromatic carbocycles. The molecule has 154 valence electrons. The first-order valence-corrected chi connectivity index (χ1v) is 11.0. The molecule has 2 heterocycles. The number of carbonyl (C=O) groups excluding carboxylic acids is 2. The highest BCUT2D eigenvalue weighted by Crippen LogP contribution is 2.18. The number of nitrogens with one attached hydrogen (secondary N) is 1. The first-order valence-electron chi connectivity index (χ1n) is 9.88. The van der Waals surface area contributed by atoms with E-state index in [-0.39, 0.29) is 22.9 Å². The van der Waals surface area contributed by atoms with Gasteiger partial charge in [-0.05, 0) is 36.5 Å². The second-order valence-electron chi connectivity index (χ2n) is 7.36. The zero-order valence-corrected chi connectivity index (χ0v) is 17.5. The van der Waals surface area contributed by atoms with Crippen LogP contribution in [-0.4, -0.2) is 46.7 Å². The molecule has 2 aromatic rings. The maximum absolute atomic E-state index is 12.6. The summed E-state index contributed by atoms with van der Waals surface area (Å²) in [6.45, 7) is 1.86. The zero-order chi connectivity index (χ0) is 20.6. The summed E-state index contributed by atoms with van der Waals surface area (Å²) in [4.78, 5) is 38.6. The Morgan fingerprint density at radius 1 is 1.10 bits per heavy atom. The summed E-state index contributed by atoms with van der Waals surface area (Å²) in [6, 6.07) is 13.4. The lowest BCUT2D eigenvalue weighted by Crippen LogP contribution is -2.43. The summed E-state index contributed by atoms with van der Waals surface area (Å²) in [5.41, 5.74) is 1.17. The third kappa shape index (κ3) is 5.97. The molecule has 0 radical (unpaired) electrons. The molecular formula is C22H27N3O3S. The maximum Gasteiger partial charge on any atom is 0.263 e. The number of amides is 2. The Morgan fingerprint density at radius 2 is 1.83 bits per heavy atom. The number of thioether (sulfide) groups is 1. The maximum atomic E-state index is 12.6. The van der Waals surface area contributed by atoms with Crippen molar-refractivity contribution in [1.82, 2.24) is 14.8 Å². The number of rotatable bonds is 7. The van der Waals surface area contributed by atoms with Crippen LogP contribution in [-0.2, 0) is 17.6 Å². The smallest absolute Gasteiger partial charge is 0.263 e. The minimum absolute atomic E-state index is 0.0530. The van der Waals surface area contributed by atoms with Gasteiger partial charge in [-0.25, -0.2) is 0 Å². The van der Waals surface area contributed by atoms with Crippen LogP contribution in [0.25, 0.3) is 0 Å². The van der Waals surface area contributed by atoms with E-state index in [0.29, 0.717) is 31.3 Å². The largest absolute Gasteiger partial charge is 0.355 e. The molecule has 3 rings (SSSR count). The van der Waals surface area contributed by atoms with Crippen molar-refractivity contribution in [3.8, 4) is 0 Å². The van der Waals surface area contributed by atoms with Gasteiger partial charge in [0.2, 0.25) is 5.91 Å². The number of piperidine rings is 1. The third-order valence-corrected chi connectivity index (χ3v) is 6.19. The summed E-state index contributed by atoms with van der Waals surface area (Å²) in [7, 11) is 1.65. The molecule has 2 amide bonds. The summed E-state index contributed by atoms with van der Waals surface area (Å²) in [6.07, 6.45) is 3.30. The molecule has 0 bridgehead atoms. The van der Waals surface area contributed by atoms with Crippen LogP contribution >= 0.6 is 11.8 Å². The number of likely N-dealkylation sites (tertiary alicyclic amines) is 1. The van der Waals surface area contributed by atoms with Gasteiger partial charge in [-0.1, -0.05) is 30.3 Å². The summed E-state index contributed by atoms with van der Waals surface area (Å²) < 4.78 is 1.42. The fraction of sp³-hybridized carbons (Fsp3) is 0.409. The van der Waals surface area contributed by atoms with Gasteiger partial charge >= 0.3 is 0 Å². The van der Waals surface area contributed by atoms with Crippen LogP contribution in [0.5, 0.6) is 0 Å². The molecule has 1 saturated heterocycles. The Labute approximate surface area is 175 Å². The number of hydrogen-bond acceptors (Lipinski definition) is 4. The van der Waals surface area contributed by atoms with Crippen LogP contribution in [0.3, 0.4) is 0 Å². The highest BCUT2D eigenvalue weighted by Gasteiger charge is 2.25. The van der Waals surface area contributed by atoms with Crippen LogP contribution < -0.4 is 10.9 Å². The van der Waals surface area contributed by atoms with Crippen LogP contribution in [0.4, 0.5) is 0 Å². The molecule has 0 aliphatic carbocycles. The Balaban J connectivity index is 1.37. The van der Waals surface area contributed by atoms with Crippen molar-refractivity contribution in [2.45, 2.75) is 18.6 Å². The van der Waals surface area contributed by atoms with E-state index in [1.54, 1.807) is 42.0 Å². The number of pyridine rings is 1. The number of nitrogens with zero attached hydrogens (tertiary/aromatic N) is 2. The summed E-state index contributed by atoms with van der Waals surface area (Å²) >= 11 is 1.61. The average molecular weight is 414 g/mol. The molecule has 0 unspecified atom stereocenters. The molecule has 1 aliphatic rings. The van der Waals surface area contributed by atoms with Gasteiger partial charge < -0.3 is 14.8 Å². The van der Waals surface area contributed by atoms with Crippen LogP contribution in [0, 0.1) is 5.92 Å². The van der Waals surface area contributed by atoms with Gasteiger partial charge in [0.05, 0.1) is 5.75 Å². The monoisotopic (exact) mass is 413 g/mol. The van der Waals surface area contributed by atoms with Crippen LogP contribution in [0.1, 0.15) is 28.8 Å². The lowest BCUT2D eigenvalue weighted by molar-refractivity contribution is -0.118. The lowest BCUT2D eigenvalue weighted by atomic mass is 9.96. The molecule has 1 aliphatic heterocycles. The molecule has 0 spiro atoms. The Morgan fingerprint density at radius 3 is 2.55 bits per heavy atom. The molecule has 29 heavy (non-hydrogen) atoms. The summed E-state index contributed by atoms with van der Waals surface area (Å²) in [5.74, 6) is 1.49. The van der Waals surface area contributed by atoms with Gasteiger partial charge in [-0.15, -0.1) is 11.8 Å². The number of hydrogen-bond donors (Lipinski definition) is 1. The molecule has 1 fully saturated rings. The van der Waals surface area contributed by atoms with E-state index in [1.165, 1.54) is 10.1 Å². The highest BCUT2D eigenvalue weighted by atomic mass is 32.2. The number of benzene rings is 1. The van der Waals surface area contributed by atoms with Crippen LogP contribution in [0.2, 0.25) is 0 Å². The fourth-order valence-electron chi connectivity index (χ4n) is 3.42. The second-order valence-corrected chi connectivity index (χ2v) is 8.34. The Bertz CT molecular complexity index is 890. The van der Waals surface area contributed by atoms with Gasteiger partial charge in [0.25, 0.3) is 11.5 Å². The van der Waals surface area contributed by atoms with Gasteiger partial charge in [-0.3, -0.25) is 14.4 Å². The topological polar surface area (TPSA) is 71.4 Å². The summed E-state index contributed by atoms with van der Waals surface area (Å²) in [5, 5.41) is 3.01. The van der Waals surface area contributed by atoms with E-state index in [4.69, 9.17) is 0 Å². The van der Waals surface area contributed by atoms with Crippen molar-refractivity contribution in [3.05, 3.63) is 70.1 Å². The number of carbonyl (C=O) groups is 2. The van der Waals surface area contributed by atoms with Gasteiger partial charge in [0.15, 0.2) is 0 Å². The van der Waals surface area contributed by atoms with Crippen molar-refractivity contribution in [2.24, 2.45) is 13.0 Å². The van der Waals surface area contributed by atoms with E-state index < -0.39 is 0 Å². The predicted molar refractivity (Wildman–Crippen MR) is 116 cm³/mol. The second kappa shape index (κ2) is 10.3. The van der Waals surface area contributed by atoms with Gasteiger partial charge in [0, 0.05) is 38.6 Å². The first kappa shape index (κ1) is 21.2. The minimum Gasteiger partial charge on any atom is -0.355 e. The zero-order valence-electron chi connectivity index (χ0n) is 16.7. The average Bonchev–Trinajstić information content (AvgIpc) is 2.75. The van der Waals surface area contributed by atoms with Crippen molar-refractivity contribution in [3.63, 3.8) is 0 Å². The van der Waals surface area contributed by atoms with Crippen molar-refractivity contribution in [1.29, 1.82) is 0 Å². The Kier molecular flexibility index (Phi) is 7.52. The SMILES string of the molecule is Cn1cccc(C(=O)N2CCC(CNC(=O)CSCc3ccccc3)CC2)c1=O. The van der Waals surface area contributed by atoms with Crippen molar-refractivity contribution >= 4 is 23.6 Å². The lowest BCUT2D eigenvalue weighted by Gasteiger charge is -2.32. The van der Waals surface area contributed by atoms with Gasteiger partial charge in [0.1, 0.15) is 5.56 Å². The van der Waals surface area contributed by atoms with Crippen LogP contribution in [0.15, 0.2) is 53.5 Å². The standard InChI is InChI=1S/C22H27N3O3S/c1-24-11-5-8-19(21(24)27)22(28)25-12-9-17(10-13-25)14-23-20(26)16-29-15-18-6-3-2-4-7-18/h2-8,11,17H,9-10,12-16H2,1H3,(H,23,26). The van der Waals surface area contributed by atoms with E-state index in [1.807, 2.05) is 18.2 Å². The number of aryl methyl sites for hydroxylation is 1. The van der Waals surface area contributed by atoms with E-state index in [0.717, 1.165) is 18.6 Å². The fourth-order valence-corrected chi connectivity index (χ4v) is 4.23. The van der Waals surface area contributed by atoms with Gasteiger partial charge in [-0.2, -0.15) is 0 Å². The predicted octanol–water partition coefficient (Wildman–Crippen LogP) is 2.29. The minimum atomic E-state index is -0.264. The molecule has 1 N–H and O–H groups in total. The molecule has 6 nitrogen and oxygen atoms in total. The van der Waals surface area contributed by atoms with E-state index in [9.17, 15) is 14.4 Å². The van der Waals surface area contributed by atoms with E-state index in [2.05, 4.69) is 17.4 Å². The molecule has 0 saturated carbocycles. The molecular weight excluding hydrogens is 386 g/mol. The number of aromatic nitrogens is 1. The molecule has 0 atom stereocenters. The van der Waals surface area contributed by atoms with Crippen molar-refractivity contribution < 1.29 is 9.59 Å². The molecule has 1 aromatic heterocycles. The quantitative estimate of drug-likeness (QED) is 0.756. The highest BCUT2D eigenvalue weighted by molar-refractivity contribution is 7.99. The van der Waals surface area contributed by atoms with E-state index >= 15 is 0 Å².